The van der Waals surface area contributed by atoms with E-state index in [2.05, 4.69) is 5.32 Å². The van der Waals surface area contributed by atoms with Crippen LogP contribution in [0.3, 0.4) is 0 Å². The van der Waals surface area contributed by atoms with E-state index < -0.39 is 10.0 Å². The highest BCUT2D eigenvalue weighted by atomic mass is 32.2. The normalized spacial score (nSPS) is 15.3. The van der Waals surface area contributed by atoms with E-state index in [1.54, 1.807) is 42.5 Å². The van der Waals surface area contributed by atoms with Crippen LogP contribution in [0.15, 0.2) is 58.3 Å². The van der Waals surface area contributed by atoms with Crippen LogP contribution in [0.5, 0.6) is 0 Å². The number of sulfonamides is 1. The van der Waals surface area contributed by atoms with Crippen LogP contribution in [0.25, 0.3) is 0 Å². The molecule has 1 saturated heterocycles. The molecule has 0 spiro atoms. The minimum atomic E-state index is -3.45. The third kappa shape index (κ3) is 5.33. The summed E-state index contributed by atoms with van der Waals surface area (Å²) in [7, 11) is -3.45. The molecule has 28 heavy (non-hydrogen) atoms. The Morgan fingerprint density at radius 3 is 2.39 bits per heavy atom. The van der Waals surface area contributed by atoms with Crippen LogP contribution in [0.4, 0.5) is 4.39 Å². The molecule has 0 bridgehead atoms. The first kappa shape index (κ1) is 20.8. The minimum absolute atomic E-state index is 0.113. The van der Waals surface area contributed by atoms with Gasteiger partial charge in [0, 0.05) is 24.5 Å². The lowest BCUT2D eigenvalue weighted by atomic mass is 10.2. The maximum Gasteiger partial charge on any atom is 0.243 e. The Morgan fingerprint density at radius 2 is 1.71 bits per heavy atom. The first-order chi connectivity index (χ1) is 13.5. The lowest BCUT2D eigenvalue weighted by Crippen LogP contribution is -2.35. The standard InChI is InChI=1S/C20H23FN2O3S2/c21-18-6-2-3-7-19(18)27-15-20(24)22-14-16-8-10-17(11-9-16)28(25,26)23-12-4-1-5-13-23/h2-3,6-11H,1,4-5,12-15H2,(H,22,24). The average molecular weight is 423 g/mol. The summed E-state index contributed by atoms with van der Waals surface area (Å²) < 4.78 is 40.4. The number of nitrogens with one attached hydrogen (secondary N) is 1. The summed E-state index contributed by atoms with van der Waals surface area (Å²) in [4.78, 5) is 12.7. The summed E-state index contributed by atoms with van der Waals surface area (Å²) in [6.45, 7) is 1.43. The summed E-state index contributed by atoms with van der Waals surface area (Å²) in [6, 6.07) is 12.9. The monoisotopic (exact) mass is 422 g/mol. The third-order valence-electron chi connectivity index (χ3n) is 4.56. The maximum atomic E-state index is 13.6. The molecule has 0 atom stereocenters. The second-order valence-electron chi connectivity index (χ2n) is 6.60. The molecule has 1 fully saturated rings. The molecule has 2 aromatic rings. The van der Waals surface area contributed by atoms with E-state index >= 15 is 0 Å². The van der Waals surface area contributed by atoms with E-state index in [0.29, 0.717) is 24.5 Å². The lowest BCUT2D eigenvalue weighted by Gasteiger charge is -2.25. The van der Waals surface area contributed by atoms with Gasteiger partial charge in [-0.25, -0.2) is 12.8 Å². The number of thioether (sulfide) groups is 1. The van der Waals surface area contributed by atoms with Crippen LogP contribution in [-0.2, 0) is 21.4 Å². The smallest absolute Gasteiger partial charge is 0.243 e. The Labute approximate surface area is 169 Å². The van der Waals surface area contributed by atoms with Crippen molar-refractivity contribution >= 4 is 27.7 Å². The summed E-state index contributed by atoms with van der Waals surface area (Å²) in [5.41, 5.74) is 0.807. The van der Waals surface area contributed by atoms with E-state index in [9.17, 15) is 17.6 Å². The van der Waals surface area contributed by atoms with Gasteiger partial charge in [0.2, 0.25) is 15.9 Å². The number of hydrogen-bond acceptors (Lipinski definition) is 4. The van der Waals surface area contributed by atoms with Gasteiger partial charge in [-0.3, -0.25) is 4.79 Å². The fraction of sp³-hybridized carbons (Fsp3) is 0.350. The molecule has 1 N–H and O–H groups in total. The Kier molecular flexibility index (Phi) is 7.09. The first-order valence-corrected chi connectivity index (χ1v) is 11.6. The van der Waals surface area contributed by atoms with Crippen molar-refractivity contribution in [3.63, 3.8) is 0 Å². The fourth-order valence-corrected chi connectivity index (χ4v) is 5.28. The van der Waals surface area contributed by atoms with Crippen molar-refractivity contribution in [2.75, 3.05) is 18.8 Å². The molecule has 1 aliphatic heterocycles. The van der Waals surface area contributed by atoms with E-state index in [0.717, 1.165) is 36.6 Å². The lowest BCUT2D eigenvalue weighted by molar-refractivity contribution is -0.118. The van der Waals surface area contributed by atoms with E-state index in [-0.39, 0.29) is 22.4 Å². The third-order valence-corrected chi connectivity index (χ3v) is 7.52. The van der Waals surface area contributed by atoms with E-state index in [1.807, 2.05) is 0 Å². The number of benzene rings is 2. The molecule has 0 saturated carbocycles. The van der Waals surface area contributed by atoms with Crippen LogP contribution in [0.1, 0.15) is 24.8 Å². The van der Waals surface area contributed by atoms with Crippen molar-refractivity contribution in [1.82, 2.24) is 9.62 Å². The highest BCUT2D eigenvalue weighted by Gasteiger charge is 2.25. The van der Waals surface area contributed by atoms with Gasteiger partial charge >= 0.3 is 0 Å². The molecule has 5 nitrogen and oxygen atoms in total. The molecular formula is C20H23FN2O3S2. The SMILES string of the molecule is O=C(CSc1ccccc1F)NCc1ccc(S(=O)(=O)N2CCCCC2)cc1. The average Bonchev–Trinajstić information content (AvgIpc) is 2.72. The van der Waals surface area contributed by atoms with Gasteiger partial charge in [0.05, 0.1) is 10.6 Å². The maximum absolute atomic E-state index is 13.6. The molecule has 0 aromatic heterocycles. The molecule has 0 aliphatic carbocycles. The van der Waals surface area contributed by atoms with Gasteiger partial charge in [0.25, 0.3) is 0 Å². The molecule has 3 rings (SSSR count). The van der Waals surface area contributed by atoms with Gasteiger partial charge < -0.3 is 5.32 Å². The molecule has 0 radical (unpaired) electrons. The summed E-state index contributed by atoms with van der Waals surface area (Å²) in [5.74, 6) is -0.438. The van der Waals surface area contributed by atoms with Crippen LogP contribution in [0, 0.1) is 5.82 Å². The predicted molar refractivity (Wildman–Crippen MR) is 108 cm³/mol. The summed E-state index contributed by atoms with van der Waals surface area (Å²) >= 11 is 1.14. The van der Waals surface area contributed by atoms with Crippen LogP contribution < -0.4 is 5.32 Å². The van der Waals surface area contributed by atoms with Gasteiger partial charge in [-0.15, -0.1) is 11.8 Å². The molecule has 150 valence electrons. The van der Waals surface area contributed by atoms with Gasteiger partial charge in [-0.05, 0) is 42.7 Å². The number of amides is 1. The Balaban J connectivity index is 1.51. The second kappa shape index (κ2) is 9.54. The molecule has 0 unspecified atom stereocenters. The summed E-state index contributed by atoms with van der Waals surface area (Å²) in [5, 5.41) is 2.77. The highest BCUT2D eigenvalue weighted by molar-refractivity contribution is 8.00. The zero-order chi connectivity index (χ0) is 20.0. The zero-order valence-electron chi connectivity index (χ0n) is 15.4. The number of hydrogen-bond donors (Lipinski definition) is 1. The molecule has 1 amide bonds. The van der Waals surface area contributed by atoms with E-state index in [4.69, 9.17) is 0 Å². The molecule has 8 heteroatoms. The van der Waals surface area contributed by atoms with Crippen molar-refractivity contribution in [2.45, 2.75) is 35.6 Å². The van der Waals surface area contributed by atoms with Crippen molar-refractivity contribution in [1.29, 1.82) is 0 Å². The van der Waals surface area contributed by atoms with Crippen molar-refractivity contribution in [3.05, 3.63) is 59.9 Å². The van der Waals surface area contributed by atoms with Crippen molar-refractivity contribution in [3.8, 4) is 0 Å². The summed E-state index contributed by atoms with van der Waals surface area (Å²) in [6.07, 6.45) is 2.86. The quantitative estimate of drug-likeness (QED) is 0.695. The Morgan fingerprint density at radius 1 is 1.04 bits per heavy atom. The highest BCUT2D eigenvalue weighted by Crippen LogP contribution is 2.22. The van der Waals surface area contributed by atoms with Gasteiger partial charge in [-0.2, -0.15) is 4.31 Å². The molecule has 1 heterocycles. The Bertz CT molecular complexity index is 911. The van der Waals surface area contributed by atoms with E-state index in [1.165, 1.54) is 10.4 Å². The number of halogens is 1. The minimum Gasteiger partial charge on any atom is -0.351 e. The van der Waals surface area contributed by atoms with Crippen LogP contribution >= 0.6 is 11.8 Å². The topological polar surface area (TPSA) is 66.5 Å². The van der Waals surface area contributed by atoms with Gasteiger partial charge in [-0.1, -0.05) is 30.7 Å². The van der Waals surface area contributed by atoms with Gasteiger partial charge in [0.15, 0.2) is 0 Å². The van der Waals surface area contributed by atoms with Gasteiger partial charge in [0.1, 0.15) is 5.82 Å². The second-order valence-corrected chi connectivity index (χ2v) is 9.56. The zero-order valence-corrected chi connectivity index (χ0v) is 17.1. The van der Waals surface area contributed by atoms with Crippen molar-refractivity contribution in [2.24, 2.45) is 0 Å². The number of carbonyl (C=O) groups excluding carboxylic acids is 1. The largest absolute Gasteiger partial charge is 0.351 e. The number of piperidine rings is 1. The molecular weight excluding hydrogens is 399 g/mol. The predicted octanol–water partition coefficient (Wildman–Crippen LogP) is 3.41. The van der Waals surface area contributed by atoms with Crippen LogP contribution in [-0.4, -0.2) is 37.5 Å². The Hall–Kier alpha value is -1.90. The van der Waals surface area contributed by atoms with Crippen LogP contribution in [0.2, 0.25) is 0 Å². The molecule has 2 aromatic carbocycles. The van der Waals surface area contributed by atoms with Crippen molar-refractivity contribution < 1.29 is 17.6 Å². The first-order valence-electron chi connectivity index (χ1n) is 9.20. The number of nitrogens with zero attached hydrogens (tertiary/aromatic N) is 1. The fourth-order valence-electron chi connectivity index (χ4n) is 2.99. The number of carbonyl (C=O) groups is 1. The molecule has 1 aliphatic rings. The number of rotatable bonds is 7.